The average molecular weight is 595 g/mol. The van der Waals surface area contributed by atoms with E-state index in [1.165, 1.54) is 6.08 Å². The van der Waals surface area contributed by atoms with Gasteiger partial charge in [-0.3, -0.25) is 14.9 Å². The van der Waals surface area contributed by atoms with Gasteiger partial charge in [0.25, 0.3) is 11.8 Å². The molecule has 0 radical (unpaired) electrons. The van der Waals surface area contributed by atoms with E-state index in [9.17, 15) is 19.6 Å². The van der Waals surface area contributed by atoms with Crippen molar-refractivity contribution in [2.24, 2.45) is 0 Å². The molecule has 1 aliphatic rings. The summed E-state index contributed by atoms with van der Waals surface area (Å²) >= 11 is 6.94. The fraction of sp³-hybridized carbons (Fsp3) is 0.0769. The Labute approximate surface area is 218 Å². The normalized spacial score (nSPS) is 14.6. The van der Waals surface area contributed by atoms with Gasteiger partial charge < -0.3 is 4.74 Å². The number of rotatable bonds is 5. The molecule has 4 rings (SSSR count). The van der Waals surface area contributed by atoms with E-state index in [1.807, 2.05) is 19.1 Å². The lowest BCUT2D eigenvalue weighted by molar-refractivity contribution is -0.122. The Hall–Kier alpha value is -3.74. The molecular weight excluding hydrogens is 578 g/mol. The van der Waals surface area contributed by atoms with Crippen molar-refractivity contribution in [3.05, 3.63) is 97.4 Å². The standard InChI is InChI=1S/C26H17Br2N3O4/c1-15-6-8-19(9-7-15)31-25(33)20(24(32)30-26(31)34)10-16-11-21(27)23(22(28)12-16)35-14-18-5-3-2-4-17(18)13-29/h2-12H,14H2,1H3,(H,30,32,34)/b20-10+. The Morgan fingerprint density at radius 2 is 1.69 bits per heavy atom. The van der Waals surface area contributed by atoms with Crippen LogP contribution in [-0.2, 0) is 16.2 Å². The molecule has 35 heavy (non-hydrogen) atoms. The van der Waals surface area contributed by atoms with Crippen LogP contribution in [0.5, 0.6) is 5.75 Å². The van der Waals surface area contributed by atoms with Crippen molar-refractivity contribution in [1.29, 1.82) is 5.26 Å². The Kier molecular flexibility index (Phi) is 7.15. The first kappa shape index (κ1) is 24.4. The molecule has 1 heterocycles. The number of hydrogen-bond acceptors (Lipinski definition) is 5. The summed E-state index contributed by atoms with van der Waals surface area (Å²) < 4.78 is 7.06. The van der Waals surface area contributed by atoms with Crippen LogP contribution in [0.4, 0.5) is 10.5 Å². The molecule has 3 aromatic rings. The molecule has 1 N–H and O–H groups in total. The number of halogens is 2. The first-order valence-electron chi connectivity index (χ1n) is 10.4. The summed E-state index contributed by atoms with van der Waals surface area (Å²) in [5.41, 5.74) is 2.95. The summed E-state index contributed by atoms with van der Waals surface area (Å²) in [6.07, 6.45) is 1.41. The third-order valence-electron chi connectivity index (χ3n) is 5.24. The molecule has 0 aliphatic carbocycles. The maximum absolute atomic E-state index is 13.1. The van der Waals surface area contributed by atoms with Crippen molar-refractivity contribution in [2.45, 2.75) is 13.5 Å². The summed E-state index contributed by atoms with van der Waals surface area (Å²) in [7, 11) is 0. The summed E-state index contributed by atoms with van der Waals surface area (Å²) in [5, 5.41) is 11.5. The van der Waals surface area contributed by atoms with Crippen molar-refractivity contribution in [1.82, 2.24) is 5.32 Å². The molecule has 7 nitrogen and oxygen atoms in total. The second-order valence-electron chi connectivity index (χ2n) is 7.66. The molecule has 0 unspecified atom stereocenters. The van der Waals surface area contributed by atoms with Crippen LogP contribution in [0.25, 0.3) is 6.08 Å². The zero-order valence-corrected chi connectivity index (χ0v) is 21.5. The van der Waals surface area contributed by atoms with Gasteiger partial charge in [-0.2, -0.15) is 5.26 Å². The zero-order valence-electron chi connectivity index (χ0n) is 18.3. The summed E-state index contributed by atoms with van der Waals surface area (Å²) in [5.74, 6) is -0.997. The highest BCUT2D eigenvalue weighted by Crippen LogP contribution is 2.36. The molecule has 4 amide bonds. The molecule has 174 valence electrons. The van der Waals surface area contributed by atoms with Crippen molar-refractivity contribution in [3.8, 4) is 11.8 Å². The van der Waals surface area contributed by atoms with Crippen LogP contribution >= 0.6 is 31.9 Å². The predicted octanol–water partition coefficient (Wildman–Crippen LogP) is 5.64. The molecule has 0 bridgehead atoms. The van der Waals surface area contributed by atoms with Gasteiger partial charge >= 0.3 is 6.03 Å². The third-order valence-corrected chi connectivity index (χ3v) is 6.41. The van der Waals surface area contributed by atoms with Gasteiger partial charge in [-0.15, -0.1) is 0 Å². The molecule has 0 atom stereocenters. The number of hydrogen-bond donors (Lipinski definition) is 1. The van der Waals surface area contributed by atoms with E-state index >= 15 is 0 Å². The summed E-state index contributed by atoms with van der Waals surface area (Å²) in [6.45, 7) is 2.07. The number of anilines is 1. The molecular formula is C26H17Br2N3O4. The number of aryl methyl sites for hydroxylation is 1. The van der Waals surface area contributed by atoms with Crippen molar-refractivity contribution < 1.29 is 19.1 Å². The van der Waals surface area contributed by atoms with E-state index in [0.29, 0.717) is 31.5 Å². The third kappa shape index (κ3) is 5.19. The van der Waals surface area contributed by atoms with Crippen LogP contribution in [0.15, 0.2) is 75.2 Å². The zero-order chi connectivity index (χ0) is 25.1. The number of amides is 4. The fourth-order valence-corrected chi connectivity index (χ4v) is 4.91. The highest BCUT2D eigenvalue weighted by atomic mass is 79.9. The number of imide groups is 2. The van der Waals surface area contributed by atoms with Gasteiger partial charge in [-0.05, 0) is 80.8 Å². The first-order chi connectivity index (χ1) is 16.8. The minimum absolute atomic E-state index is 0.176. The maximum atomic E-state index is 13.1. The van der Waals surface area contributed by atoms with Crippen LogP contribution in [0, 0.1) is 18.3 Å². The van der Waals surface area contributed by atoms with Crippen LogP contribution in [0.1, 0.15) is 22.3 Å². The molecule has 1 aliphatic heterocycles. The van der Waals surface area contributed by atoms with E-state index in [-0.39, 0.29) is 12.2 Å². The Balaban J connectivity index is 1.61. The van der Waals surface area contributed by atoms with Gasteiger partial charge in [0.15, 0.2) is 0 Å². The fourth-order valence-electron chi connectivity index (χ4n) is 3.46. The molecule has 1 fully saturated rings. The number of nitrogens with zero attached hydrogens (tertiary/aromatic N) is 2. The number of nitriles is 1. The Bertz CT molecular complexity index is 1400. The minimum Gasteiger partial charge on any atom is -0.486 e. The van der Waals surface area contributed by atoms with Crippen LogP contribution in [-0.4, -0.2) is 17.8 Å². The SMILES string of the molecule is Cc1ccc(N2C(=O)NC(=O)/C(=C\c3cc(Br)c(OCc4ccccc4C#N)c(Br)c3)C2=O)cc1. The van der Waals surface area contributed by atoms with Gasteiger partial charge in [-0.1, -0.05) is 35.9 Å². The van der Waals surface area contributed by atoms with Crippen molar-refractivity contribution >= 4 is 61.5 Å². The molecule has 0 saturated carbocycles. The molecule has 1 saturated heterocycles. The number of carbonyl (C=O) groups excluding carboxylic acids is 3. The Morgan fingerprint density at radius 1 is 1.03 bits per heavy atom. The van der Waals surface area contributed by atoms with Crippen LogP contribution in [0.3, 0.4) is 0 Å². The largest absolute Gasteiger partial charge is 0.486 e. The second kappa shape index (κ2) is 10.3. The smallest absolute Gasteiger partial charge is 0.335 e. The topological polar surface area (TPSA) is 99.5 Å². The van der Waals surface area contributed by atoms with Crippen LogP contribution < -0.4 is 15.0 Å². The molecule has 3 aromatic carbocycles. The number of ether oxygens (including phenoxy) is 1. The molecule has 9 heteroatoms. The summed E-state index contributed by atoms with van der Waals surface area (Å²) in [6, 6.07) is 18.7. The van der Waals surface area contributed by atoms with Gasteiger partial charge in [0, 0.05) is 5.56 Å². The highest BCUT2D eigenvalue weighted by molar-refractivity contribution is 9.11. The number of nitrogens with one attached hydrogen (secondary N) is 1. The highest BCUT2D eigenvalue weighted by Gasteiger charge is 2.36. The second-order valence-corrected chi connectivity index (χ2v) is 9.37. The van der Waals surface area contributed by atoms with Gasteiger partial charge in [0.2, 0.25) is 0 Å². The average Bonchev–Trinajstić information content (AvgIpc) is 2.82. The number of carbonyl (C=O) groups is 3. The quantitative estimate of drug-likeness (QED) is 0.304. The van der Waals surface area contributed by atoms with Gasteiger partial charge in [-0.25, -0.2) is 9.69 Å². The maximum Gasteiger partial charge on any atom is 0.335 e. The van der Waals surface area contributed by atoms with E-state index in [4.69, 9.17) is 4.74 Å². The minimum atomic E-state index is -0.801. The van der Waals surface area contributed by atoms with Crippen molar-refractivity contribution in [2.75, 3.05) is 4.90 Å². The van der Waals surface area contributed by atoms with E-state index in [2.05, 4.69) is 43.2 Å². The lowest BCUT2D eigenvalue weighted by Crippen LogP contribution is -2.54. The predicted molar refractivity (Wildman–Crippen MR) is 138 cm³/mol. The van der Waals surface area contributed by atoms with Gasteiger partial charge in [0.1, 0.15) is 17.9 Å². The monoisotopic (exact) mass is 593 g/mol. The lowest BCUT2D eigenvalue weighted by Gasteiger charge is -2.26. The Morgan fingerprint density at radius 3 is 2.34 bits per heavy atom. The van der Waals surface area contributed by atoms with Gasteiger partial charge in [0.05, 0.1) is 26.3 Å². The van der Waals surface area contributed by atoms with Crippen LogP contribution in [0.2, 0.25) is 0 Å². The first-order valence-corrected chi connectivity index (χ1v) is 11.9. The van der Waals surface area contributed by atoms with E-state index < -0.39 is 17.8 Å². The number of barbiturate groups is 1. The molecule has 0 aromatic heterocycles. The van der Waals surface area contributed by atoms with E-state index in [0.717, 1.165) is 16.0 Å². The van der Waals surface area contributed by atoms with E-state index in [1.54, 1.807) is 48.5 Å². The summed E-state index contributed by atoms with van der Waals surface area (Å²) in [4.78, 5) is 38.9. The molecule has 0 spiro atoms. The lowest BCUT2D eigenvalue weighted by atomic mass is 10.1. The number of benzene rings is 3. The van der Waals surface area contributed by atoms with Crippen molar-refractivity contribution in [3.63, 3.8) is 0 Å². The number of urea groups is 1.